The zero-order chi connectivity index (χ0) is 23.5. The maximum Gasteiger partial charge on any atom is 0.269 e. The van der Waals surface area contributed by atoms with Gasteiger partial charge in [-0.2, -0.15) is 0 Å². The fourth-order valence-electron chi connectivity index (χ4n) is 3.85. The second-order valence-electron chi connectivity index (χ2n) is 8.01. The first kappa shape index (κ1) is 21.3. The minimum Gasteiger partial charge on any atom is -0.487 e. The van der Waals surface area contributed by atoms with Gasteiger partial charge in [-0.3, -0.25) is 20.4 Å². The lowest BCUT2D eigenvalue weighted by atomic mass is 10.1. The number of H-pyrrole nitrogens is 1. The summed E-state index contributed by atoms with van der Waals surface area (Å²) in [7, 11) is 0. The van der Waals surface area contributed by atoms with Gasteiger partial charge in [0.05, 0.1) is 12.1 Å². The number of amides is 2. The molecule has 0 fully saturated rings. The minimum atomic E-state index is -0.430. The van der Waals surface area contributed by atoms with Crippen LogP contribution >= 0.6 is 0 Å². The molecule has 3 heterocycles. The van der Waals surface area contributed by atoms with Gasteiger partial charge in [0, 0.05) is 35.1 Å². The number of benzene rings is 2. The highest BCUT2D eigenvalue weighted by Crippen LogP contribution is 2.18. The Labute approximate surface area is 195 Å². The molecule has 0 saturated carbocycles. The second-order valence-corrected chi connectivity index (χ2v) is 8.01. The molecule has 5 aromatic rings. The number of nitrogens with zero attached hydrogens (tertiary/aromatic N) is 2. The van der Waals surface area contributed by atoms with Gasteiger partial charge in [-0.05, 0) is 48.4 Å². The number of hydrazine groups is 1. The average Bonchev–Trinajstić information content (AvgIpc) is 3.46. The van der Waals surface area contributed by atoms with Crippen molar-refractivity contribution in [1.82, 2.24) is 25.2 Å². The number of rotatable bonds is 6. The fourth-order valence-corrected chi connectivity index (χ4v) is 3.85. The highest BCUT2D eigenvalue weighted by molar-refractivity contribution is 5.96. The van der Waals surface area contributed by atoms with Gasteiger partial charge in [0.15, 0.2) is 0 Å². The molecule has 0 bridgehead atoms. The molecule has 3 N–H and O–H groups in total. The van der Waals surface area contributed by atoms with Crippen LogP contribution in [0.1, 0.15) is 27.2 Å². The lowest BCUT2D eigenvalue weighted by Gasteiger charge is -2.09. The van der Waals surface area contributed by atoms with Gasteiger partial charge in [-0.25, -0.2) is 4.98 Å². The molecule has 0 aliphatic rings. The summed E-state index contributed by atoms with van der Waals surface area (Å²) in [5, 5.41) is 0.981. The molecule has 170 valence electrons. The van der Waals surface area contributed by atoms with E-state index in [0.29, 0.717) is 11.3 Å². The van der Waals surface area contributed by atoms with Crippen LogP contribution in [0.4, 0.5) is 0 Å². The summed E-state index contributed by atoms with van der Waals surface area (Å²) in [5.41, 5.74) is 9.89. The average molecular weight is 454 g/mol. The van der Waals surface area contributed by atoms with Gasteiger partial charge in [-0.1, -0.05) is 30.3 Å². The van der Waals surface area contributed by atoms with E-state index >= 15 is 0 Å². The maximum atomic E-state index is 12.5. The number of hydrogen-bond acceptors (Lipinski definition) is 4. The highest BCUT2D eigenvalue weighted by atomic mass is 16.5. The van der Waals surface area contributed by atoms with Crippen molar-refractivity contribution in [2.24, 2.45) is 0 Å². The van der Waals surface area contributed by atoms with Crippen molar-refractivity contribution in [3.63, 3.8) is 0 Å². The third-order valence-electron chi connectivity index (χ3n) is 5.55. The van der Waals surface area contributed by atoms with E-state index in [2.05, 4.69) is 20.8 Å². The molecule has 5 rings (SSSR count). The van der Waals surface area contributed by atoms with E-state index in [-0.39, 0.29) is 18.9 Å². The zero-order valence-electron chi connectivity index (χ0n) is 18.5. The van der Waals surface area contributed by atoms with Gasteiger partial charge < -0.3 is 14.1 Å². The molecule has 0 saturated heterocycles. The van der Waals surface area contributed by atoms with Crippen molar-refractivity contribution in [3.8, 4) is 5.75 Å². The van der Waals surface area contributed by atoms with Crippen LogP contribution in [-0.2, 0) is 17.8 Å². The summed E-state index contributed by atoms with van der Waals surface area (Å²) in [6, 6.07) is 18.5. The summed E-state index contributed by atoms with van der Waals surface area (Å²) < 4.78 is 7.80. The maximum absolute atomic E-state index is 12.5. The number of fused-ring (bicyclic) bond motifs is 2. The van der Waals surface area contributed by atoms with E-state index in [9.17, 15) is 9.59 Å². The van der Waals surface area contributed by atoms with E-state index in [0.717, 1.165) is 33.4 Å². The molecule has 34 heavy (non-hydrogen) atoms. The topological polar surface area (TPSA) is 101 Å². The van der Waals surface area contributed by atoms with Crippen molar-refractivity contribution in [2.75, 3.05) is 0 Å². The number of aromatic nitrogens is 3. The van der Waals surface area contributed by atoms with Crippen LogP contribution in [0, 0.1) is 6.92 Å². The van der Waals surface area contributed by atoms with Gasteiger partial charge in [-0.15, -0.1) is 0 Å². The van der Waals surface area contributed by atoms with Crippen molar-refractivity contribution < 1.29 is 14.3 Å². The Morgan fingerprint density at radius 1 is 1.06 bits per heavy atom. The van der Waals surface area contributed by atoms with E-state index in [1.54, 1.807) is 30.5 Å². The molecule has 8 heteroatoms. The number of hydrogen-bond donors (Lipinski definition) is 3. The summed E-state index contributed by atoms with van der Waals surface area (Å²) in [6.07, 6.45) is 5.81. The summed E-state index contributed by atoms with van der Waals surface area (Å²) in [6.45, 7) is 2.28. The predicted molar refractivity (Wildman–Crippen MR) is 128 cm³/mol. The van der Waals surface area contributed by atoms with E-state index < -0.39 is 5.91 Å². The third kappa shape index (κ3) is 4.47. The van der Waals surface area contributed by atoms with Crippen molar-refractivity contribution >= 4 is 28.4 Å². The van der Waals surface area contributed by atoms with E-state index in [1.165, 1.54) is 0 Å². The van der Waals surface area contributed by atoms with Gasteiger partial charge in [0.1, 0.15) is 18.0 Å². The molecule has 0 radical (unpaired) electrons. The van der Waals surface area contributed by atoms with Crippen LogP contribution in [0.2, 0.25) is 0 Å². The van der Waals surface area contributed by atoms with Crippen LogP contribution in [-0.4, -0.2) is 26.2 Å². The Bertz CT molecular complexity index is 1500. The van der Waals surface area contributed by atoms with Gasteiger partial charge in [0.2, 0.25) is 5.91 Å². The molecule has 2 aromatic carbocycles. The fraction of sp³-hybridized carbons (Fsp3) is 0.115. The van der Waals surface area contributed by atoms with Crippen molar-refractivity contribution in [2.45, 2.75) is 20.0 Å². The third-order valence-corrected chi connectivity index (χ3v) is 5.55. The first-order valence-electron chi connectivity index (χ1n) is 10.9. The largest absolute Gasteiger partial charge is 0.487 e. The Morgan fingerprint density at radius 2 is 1.94 bits per heavy atom. The van der Waals surface area contributed by atoms with Crippen LogP contribution in [0.25, 0.3) is 16.6 Å². The number of ether oxygens (including phenoxy) is 1. The van der Waals surface area contributed by atoms with Crippen LogP contribution in [0.15, 0.2) is 79.3 Å². The van der Waals surface area contributed by atoms with Gasteiger partial charge >= 0.3 is 0 Å². The molecular formula is C26H23N5O3. The molecule has 3 aromatic heterocycles. The van der Waals surface area contributed by atoms with E-state index in [4.69, 9.17) is 4.74 Å². The van der Waals surface area contributed by atoms with Gasteiger partial charge in [0.25, 0.3) is 5.91 Å². The number of pyridine rings is 1. The number of carbonyl (C=O) groups excluding carboxylic acids is 2. The summed E-state index contributed by atoms with van der Waals surface area (Å²) in [4.78, 5) is 32.6. The zero-order valence-corrected chi connectivity index (χ0v) is 18.5. The lowest BCUT2D eigenvalue weighted by Crippen LogP contribution is -2.42. The quantitative estimate of drug-likeness (QED) is 0.341. The monoisotopic (exact) mass is 453 g/mol. The molecule has 8 nitrogen and oxygen atoms in total. The molecule has 0 unspecified atom stereocenters. The normalized spacial score (nSPS) is 11.0. The van der Waals surface area contributed by atoms with E-state index in [1.807, 2.05) is 60.1 Å². The molecule has 0 atom stereocenters. The van der Waals surface area contributed by atoms with Crippen LogP contribution in [0.5, 0.6) is 5.75 Å². The Morgan fingerprint density at radius 3 is 2.82 bits per heavy atom. The Balaban J connectivity index is 1.17. The van der Waals surface area contributed by atoms with Crippen molar-refractivity contribution in [3.05, 3.63) is 102 Å². The SMILES string of the molecule is Cc1cccn2cc(COc3cccc(C(=O)NNC(=O)Cc4c[nH]c5ccccc45)c3)nc12. The minimum absolute atomic E-state index is 0.145. The molecular weight excluding hydrogens is 430 g/mol. The van der Waals surface area contributed by atoms with Crippen LogP contribution in [0.3, 0.4) is 0 Å². The number of aryl methyl sites for hydroxylation is 1. The number of nitrogens with one attached hydrogen (secondary N) is 3. The highest BCUT2D eigenvalue weighted by Gasteiger charge is 2.12. The standard InChI is InChI=1S/C26H23N5O3/c1-17-6-5-11-31-15-20(28-25(17)31)16-34-21-8-4-7-18(12-21)26(33)30-29-24(32)13-19-14-27-23-10-3-2-9-22(19)23/h2-12,14-15,27H,13,16H2,1H3,(H,29,32)(H,30,33). The summed E-state index contributed by atoms with van der Waals surface area (Å²) >= 11 is 0. The molecule has 2 amide bonds. The first-order valence-corrected chi connectivity index (χ1v) is 10.9. The Kier molecular flexibility index (Phi) is 5.70. The number of carbonyl (C=O) groups is 2. The summed E-state index contributed by atoms with van der Waals surface area (Å²) in [5.74, 6) is -0.208. The molecule has 0 spiro atoms. The lowest BCUT2D eigenvalue weighted by molar-refractivity contribution is -0.121. The number of para-hydroxylation sites is 1. The van der Waals surface area contributed by atoms with Crippen LogP contribution < -0.4 is 15.6 Å². The predicted octanol–water partition coefficient (Wildman–Crippen LogP) is 3.71. The smallest absolute Gasteiger partial charge is 0.269 e. The number of aromatic amines is 1. The number of imidazole rings is 1. The second kappa shape index (κ2) is 9.11. The Hall–Kier alpha value is -4.59. The first-order chi connectivity index (χ1) is 16.6. The molecule has 0 aliphatic carbocycles. The van der Waals surface area contributed by atoms with Crippen molar-refractivity contribution in [1.29, 1.82) is 0 Å². The molecule has 0 aliphatic heterocycles.